The lowest BCUT2D eigenvalue weighted by molar-refractivity contribution is -0.113. The van der Waals surface area contributed by atoms with Crippen molar-refractivity contribution in [3.8, 4) is 0 Å². The van der Waals surface area contributed by atoms with Crippen LogP contribution in [0.4, 0.5) is 17.2 Å². The topological polar surface area (TPSA) is 61.4 Å². The molecule has 0 atom stereocenters. The van der Waals surface area contributed by atoms with Crippen LogP contribution in [0, 0.1) is 20.8 Å². The van der Waals surface area contributed by atoms with Gasteiger partial charge in [-0.25, -0.2) is 0 Å². The highest BCUT2D eigenvalue weighted by Gasteiger charge is 2.20. The van der Waals surface area contributed by atoms with Gasteiger partial charge >= 0.3 is 0 Å². The molecule has 0 bridgehead atoms. The van der Waals surface area contributed by atoms with Crippen molar-refractivity contribution >= 4 is 34.9 Å². The lowest BCUT2D eigenvalue weighted by Gasteiger charge is -2.37. The number of carbonyl (C=O) groups is 1. The van der Waals surface area contributed by atoms with E-state index < -0.39 is 0 Å². The Hall–Kier alpha value is -3.06. The zero-order chi connectivity index (χ0) is 22.5. The first kappa shape index (κ1) is 22.1. The predicted molar refractivity (Wildman–Crippen MR) is 133 cm³/mol. The first-order chi connectivity index (χ1) is 15.5. The number of rotatable bonds is 6. The molecule has 1 aliphatic heterocycles. The number of amides is 1. The third-order valence-electron chi connectivity index (χ3n) is 5.59. The molecule has 7 heteroatoms. The van der Waals surface area contributed by atoms with E-state index in [1.165, 1.54) is 28.6 Å². The molecule has 0 radical (unpaired) electrons. The molecule has 0 aliphatic carbocycles. The van der Waals surface area contributed by atoms with E-state index in [1.54, 1.807) is 0 Å². The molecule has 3 aromatic rings. The highest BCUT2D eigenvalue weighted by molar-refractivity contribution is 7.99. The minimum absolute atomic E-state index is 0.0472. The molecule has 1 N–H and O–H groups in total. The molecule has 4 rings (SSSR count). The van der Waals surface area contributed by atoms with Crippen LogP contribution in [0.15, 0.2) is 59.6 Å². The molecule has 0 unspecified atom stereocenters. The number of hydrogen-bond acceptors (Lipinski definition) is 6. The Morgan fingerprint density at radius 1 is 0.906 bits per heavy atom. The smallest absolute Gasteiger partial charge is 0.234 e. The fourth-order valence-electron chi connectivity index (χ4n) is 3.85. The van der Waals surface area contributed by atoms with Gasteiger partial charge < -0.3 is 15.1 Å². The number of carbonyl (C=O) groups excluding carboxylic acids is 1. The summed E-state index contributed by atoms with van der Waals surface area (Å²) in [6.45, 7) is 10.1. The quantitative estimate of drug-likeness (QED) is 0.563. The lowest BCUT2D eigenvalue weighted by Crippen LogP contribution is -2.47. The van der Waals surface area contributed by atoms with Crippen molar-refractivity contribution in [2.24, 2.45) is 0 Å². The second-order valence-corrected chi connectivity index (χ2v) is 9.20. The van der Waals surface area contributed by atoms with Gasteiger partial charge in [-0.2, -0.15) is 0 Å². The summed E-state index contributed by atoms with van der Waals surface area (Å²) in [7, 11) is 0. The molecule has 1 fully saturated rings. The molecule has 32 heavy (non-hydrogen) atoms. The predicted octanol–water partition coefficient (Wildman–Crippen LogP) is 4.46. The monoisotopic (exact) mass is 447 g/mol. The standard InChI is InChI=1S/C25H29N5OS/c1-18-5-4-6-21(15-18)26-24(31)17-32-25-10-9-23(27-28-25)30-13-11-29(12-14-30)22-16-19(2)7-8-20(22)3/h4-10,15-16H,11-14,17H2,1-3H3,(H,26,31). The van der Waals surface area contributed by atoms with Crippen LogP contribution >= 0.6 is 11.8 Å². The number of piperazine rings is 1. The van der Waals surface area contributed by atoms with Crippen LogP contribution in [0.2, 0.25) is 0 Å². The normalized spacial score (nSPS) is 13.8. The maximum atomic E-state index is 12.2. The van der Waals surface area contributed by atoms with Crippen molar-refractivity contribution in [2.45, 2.75) is 25.8 Å². The van der Waals surface area contributed by atoms with Crippen molar-refractivity contribution in [3.63, 3.8) is 0 Å². The average Bonchev–Trinajstić information content (AvgIpc) is 2.80. The van der Waals surface area contributed by atoms with Gasteiger partial charge in [-0.05, 0) is 67.8 Å². The summed E-state index contributed by atoms with van der Waals surface area (Å²) < 4.78 is 0. The fraction of sp³-hybridized carbons (Fsp3) is 0.320. The SMILES string of the molecule is Cc1cccc(NC(=O)CSc2ccc(N3CCN(c4cc(C)ccc4C)CC3)nn2)c1. The van der Waals surface area contributed by atoms with Crippen LogP contribution in [0.3, 0.4) is 0 Å². The Labute approximate surface area is 194 Å². The number of hydrogen-bond donors (Lipinski definition) is 1. The highest BCUT2D eigenvalue weighted by atomic mass is 32.2. The first-order valence-electron chi connectivity index (χ1n) is 10.9. The van der Waals surface area contributed by atoms with Gasteiger partial charge in [0.2, 0.25) is 5.91 Å². The van der Waals surface area contributed by atoms with E-state index in [0.29, 0.717) is 5.75 Å². The van der Waals surface area contributed by atoms with Gasteiger partial charge in [-0.3, -0.25) is 4.79 Å². The largest absolute Gasteiger partial charge is 0.368 e. The minimum atomic E-state index is -0.0472. The second-order valence-electron chi connectivity index (χ2n) is 8.20. The Bertz CT molecular complexity index is 1080. The summed E-state index contributed by atoms with van der Waals surface area (Å²) in [5.74, 6) is 1.14. The molecule has 0 spiro atoms. The number of anilines is 3. The minimum Gasteiger partial charge on any atom is -0.368 e. The third kappa shape index (κ3) is 5.59. The molecule has 0 saturated carbocycles. The van der Waals surface area contributed by atoms with Gasteiger partial charge in [0.1, 0.15) is 5.03 Å². The molecule has 1 aromatic heterocycles. The van der Waals surface area contributed by atoms with Crippen LogP contribution in [0.25, 0.3) is 0 Å². The molecular weight excluding hydrogens is 418 g/mol. The summed E-state index contributed by atoms with van der Waals surface area (Å²) in [5.41, 5.74) is 5.87. The average molecular weight is 448 g/mol. The van der Waals surface area contributed by atoms with Gasteiger partial charge in [-0.15, -0.1) is 10.2 Å². The van der Waals surface area contributed by atoms with Gasteiger partial charge in [0.25, 0.3) is 0 Å². The van der Waals surface area contributed by atoms with Crippen molar-refractivity contribution < 1.29 is 4.79 Å². The van der Waals surface area contributed by atoms with Crippen LogP contribution in [0.1, 0.15) is 16.7 Å². The van der Waals surface area contributed by atoms with E-state index in [2.05, 4.69) is 57.4 Å². The maximum absolute atomic E-state index is 12.2. The molecular formula is C25H29N5OS. The molecule has 1 saturated heterocycles. The van der Waals surface area contributed by atoms with Crippen LogP contribution < -0.4 is 15.1 Å². The highest BCUT2D eigenvalue weighted by Crippen LogP contribution is 2.24. The van der Waals surface area contributed by atoms with Crippen molar-refractivity contribution in [3.05, 3.63) is 71.3 Å². The van der Waals surface area contributed by atoms with Gasteiger partial charge in [0.05, 0.1) is 5.75 Å². The number of aryl methyl sites for hydroxylation is 3. The number of thioether (sulfide) groups is 1. The van der Waals surface area contributed by atoms with Crippen LogP contribution in [-0.4, -0.2) is 48.0 Å². The Kier molecular flexibility index (Phi) is 6.95. The van der Waals surface area contributed by atoms with E-state index in [9.17, 15) is 4.79 Å². The van der Waals surface area contributed by atoms with E-state index in [0.717, 1.165) is 48.3 Å². The molecule has 6 nitrogen and oxygen atoms in total. The van der Waals surface area contributed by atoms with E-state index >= 15 is 0 Å². The fourth-order valence-corrected chi connectivity index (χ4v) is 4.47. The van der Waals surface area contributed by atoms with E-state index in [1.807, 2.05) is 43.3 Å². The van der Waals surface area contributed by atoms with Gasteiger partial charge in [-0.1, -0.05) is 36.0 Å². The molecule has 1 amide bonds. The summed E-state index contributed by atoms with van der Waals surface area (Å²) in [6.07, 6.45) is 0. The lowest BCUT2D eigenvalue weighted by atomic mass is 10.1. The number of nitrogens with zero attached hydrogens (tertiary/aromatic N) is 4. The zero-order valence-corrected chi connectivity index (χ0v) is 19.7. The Morgan fingerprint density at radius 2 is 1.66 bits per heavy atom. The summed E-state index contributed by atoms with van der Waals surface area (Å²) in [4.78, 5) is 16.9. The van der Waals surface area contributed by atoms with Gasteiger partial charge in [0.15, 0.2) is 5.82 Å². The summed E-state index contributed by atoms with van der Waals surface area (Å²) in [5, 5.41) is 12.4. The van der Waals surface area contributed by atoms with Crippen LogP contribution in [-0.2, 0) is 4.79 Å². The van der Waals surface area contributed by atoms with Crippen molar-refractivity contribution in [2.75, 3.05) is 47.0 Å². The van der Waals surface area contributed by atoms with E-state index in [4.69, 9.17) is 0 Å². The number of nitrogens with one attached hydrogen (secondary N) is 1. The first-order valence-corrected chi connectivity index (χ1v) is 11.9. The Balaban J connectivity index is 1.27. The maximum Gasteiger partial charge on any atom is 0.234 e. The molecule has 166 valence electrons. The summed E-state index contributed by atoms with van der Waals surface area (Å²) >= 11 is 1.40. The molecule has 2 aromatic carbocycles. The number of benzene rings is 2. The molecule has 1 aliphatic rings. The zero-order valence-electron chi connectivity index (χ0n) is 18.8. The van der Waals surface area contributed by atoms with Crippen molar-refractivity contribution in [1.29, 1.82) is 0 Å². The third-order valence-corrected chi connectivity index (χ3v) is 6.51. The van der Waals surface area contributed by atoms with Crippen molar-refractivity contribution in [1.82, 2.24) is 10.2 Å². The summed E-state index contributed by atoms with van der Waals surface area (Å²) in [6, 6.07) is 18.4. The molecule has 2 heterocycles. The Morgan fingerprint density at radius 3 is 2.38 bits per heavy atom. The van der Waals surface area contributed by atoms with E-state index in [-0.39, 0.29) is 5.91 Å². The number of aromatic nitrogens is 2. The second kappa shape index (κ2) is 10.0. The van der Waals surface area contributed by atoms with Crippen LogP contribution in [0.5, 0.6) is 0 Å². The van der Waals surface area contributed by atoms with Gasteiger partial charge in [0, 0.05) is 37.6 Å².